The normalized spacial score (nSPS) is 16.3. The average Bonchev–Trinajstić information content (AvgIpc) is 2.37. The van der Waals surface area contributed by atoms with E-state index in [2.05, 4.69) is 5.32 Å². The monoisotopic (exact) mass is 173 g/mol. The summed E-state index contributed by atoms with van der Waals surface area (Å²) in [6.07, 6.45) is 0. The summed E-state index contributed by atoms with van der Waals surface area (Å²) in [7, 11) is 1.76. The second-order valence-electron chi connectivity index (χ2n) is 2.71. The van der Waals surface area contributed by atoms with E-state index >= 15 is 0 Å². The van der Waals surface area contributed by atoms with Crippen LogP contribution in [0.1, 0.15) is 11.8 Å². The summed E-state index contributed by atoms with van der Waals surface area (Å²) in [6, 6.07) is 3.69. The molecule has 1 heterocycles. The number of nitrogens with one attached hydrogen (secondary N) is 1. The van der Waals surface area contributed by atoms with Crippen LogP contribution in [0.5, 0.6) is 0 Å². The van der Waals surface area contributed by atoms with Crippen LogP contribution in [0, 0.1) is 0 Å². The van der Waals surface area contributed by atoms with E-state index in [1.807, 2.05) is 17.5 Å². The highest BCUT2D eigenvalue weighted by Gasteiger charge is 2.25. The van der Waals surface area contributed by atoms with Gasteiger partial charge in [-0.25, -0.2) is 4.39 Å². The fourth-order valence-corrected chi connectivity index (χ4v) is 1.77. The molecule has 0 aliphatic heterocycles. The molecule has 0 saturated heterocycles. The Balaban J connectivity index is 2.73. The Hall–Kier alpha value is -0.410. The zero-order chi connectivity index (χ0) is 8.32. The van der Waals surface area contributed by atoms with Gasteiger partial charge in [0.05, 0.1) is 0 Å². The SMILES string of the molecule is CNCC(C)(F)c1cccs1. The highest BCUT2D eigenvalue weighted by atomic mass is 32.1. The number of hydrogen-bond acceptors (Lipinski definition) is 2. The first kappa shape index (κ1) is 8.68. The minimum atomic E-state index is -1.22. The van der Waals surface area contributed by atoms with Gasteiger partial charge in [-0.2, -0.15) is 0 Å². The lowest BCUT2D eigenvalue weighted by atomic mass is 10.1. The van der Waals surface area contributed by atoms with E-state index in [0.29, 0.717) is 6.54 Å². The lowest BCUT2D eigenvalue weighted by molar-refractivity contribution is 0.196. The maximum atomic E-state index is 13.6. The van der Waals surface area contributed by atoms with Gasteiger partial charge in [-0.15, -0.1) is 11.3 Å². The predicted octanol–water partition coefficient (Wildman–Crippen LogP) is 2.15. The molecular formula is C8H12FNS. The molecule has 1 aromatic rings. The van der Waals surface area contributed by atoms with E-state index < -0.39 is 5.67 Å². The largest absolute Gasteiger partial charge is 0.316 e. The predicted molar refractivity (Wildman–Crippen MR) is 46.7 cm³/mol. The first-order valence-corrected chi connectivity index (χ1v) is 4.42. The molecule has 1 aromatic heterocycles. The van der Waals surface area contributed by atoms with E-state index in [9.17, 15) is 4.39 Å². The van der Waals surface area contributed by atoms with Gasteiger partial charge in [0.2, 0.25) is 0 Å². The molecule has 1 nitrogen and oxygen atoms in total. The van der Waals surface area contributed by atoms with Crippen molar-refractivity contribution in [1.82, 2.24) is 5.32 Å². The molecule has 0 aliphatic carbocycles. The number of thiophene rings is 1. The van der Waals surface area contributed by atoms with Crippen LogP contribution in [0.25, 0.3) is 0 Å². The van der Waals surface area contributed by atoms with Crippen molar-refractivity contribution < 1.29 is 4.39 Å². The Labute approximate surface area is 70.2 Å². The maximum absolute atomic E-state index is 13.6. The zero-order valence-corrected chi connectivity index (χ0v) is 7.54. The molecule has 0 bridgehead atoms. The number of likely N-dealkylation sites (N-methyl/N-ethyl adjacent to an activating group) is 1. The quantitative estimate of drug-likeness (QED) is 0.738. The number of alkyl halides is 1. The molecular weight excluding hydrogens is 161 g/mol. The van der Waals surface area contributed by atoms with E-state index in [1.54, 1.807) is 14.0 Å². The van der Waals surface area contributed by atoms with Gasteiger partial charge in [-0.05, 0) is 25.4 Å². The maximum Gasteiger partial charge on any atom is 0.154 e. The Kier molecular flexibility index (Phi) is 2.62. The third-order valence-electron chi connectivity index (χ3n) is 1.54. The van der Waals surface area contributed by atoms with Gasteiger partial charge in [-0.3, -0.25) is 0 Å². The summed E-state index contributed by atoms with van der Waals surface area (Å²) in [5.74, 6) is 0. The summed E-state index contributed by atoms with van der Waals surface area (Å²) in [5, 5.41) is 4.72. The first-order valence-electron chi connectivity index (χ1n) is 3.54. The van der Waals surface area contributed by atoms with Crippen molar-refractivity contribution in [1.29, 1.82) is 0 Å². The summed E-state index contributed by atoms with van der Waals surface area (Å²) in [5.41, 5.74) is -1.22. The molecule has 0 aromatic carbocycles. The van der Waals surface area contributed by atoms with Gasteiger partial charge in [-0.1, -0.05) is 6.07 Å². The van der Waals surface area contributed by atoms with E-state index in [4.69, 9.17) is 0 Å². The molecule has 0 aliphatic rings. The Bertz CT molecular complexity index is 206. The van der Waals surface area contributed by atoms with Crippen molar-refractivity contribution in [3.63, 3.8) is 0 Å². The number of hydrogen-bond donors (Lipinski definition) is 1. The van der Waals surface area contributed by atoms with Gasteiger partial charge in [0.25, 0.3) is 0 Å². The minimum absolute atomic E-state index is 0.369. The first-order chi connectivity index (χ1) is 5.17. The van der Waals surface area contributed by atoms with Crippen LogP contribution in [0.3, 0.4) is 0 Å². The molecule has 11 heavy (non-hydrogen) atoms. The van der Waals surface area contributed by atoms with Crippen LogP contribution < -0.4 is 5.32 Å². The Morgan fingerprint density at radius 1 is 1.73 bits per heavy atom. The molecule has 0 radical (unpaired) electrons. The lowest BCUT2D eigenvalue weighted by Crippen LogP contribution is -2.28. The van der Waals surface area contributed by atoms with Crippen molar-refractivity contribution in [3.8, 4) is 0 Å². The van der Waals surface area contributed by atoms with Crippen molar-refractivity contribution in [2.24, 2.45) is 0 Å². The molecule has 0 saturated carbocycles. The van der Waals surface area contributed by atoms with E-state index in [1.165, 1.54) is 11.3 Å². The van der Waals surface area contributed by atoms with Crippen molar-refractivity contribution in [3.05, 3.63) is 22.4 Å². The van der Waals surface area contributed by atoms with Crippen LogP contribution in [-0.2, 0) is 5.67 Å². The zero-order valence-electron chi connectivity index (χ0n) is 6.73. The third kappa shape index (κ3) is 2.01. The second kappa shape index (κ2) is 3.32. The van der Waals surface area contributed by atoms with Crippen molar-refractivity contribution in [2.75, 3.05) is 13.6 Å². The summed E-state index contributed by atoms with van der Waals surface area (Å²) < 4.78 is 13.6. The van der Waals surface area contributed by atoms with Gasteiger partial charge in [0.15, 0.2) is 5.67 Å². The van der Waals surface area contributed by atoms with E-state index in [-0.39, 0.29) is 0 Å². The standard InChI is InChI=1S/C8H12FNS/c1-8(9,6-10-2)7-4-3-5-11-7/h3-5,10H,6H2,1-2H3. The van der Waals surface area contributed by atoms with Gasteiger partial charge < -0.3 is 5.32 Å². The molecule has 0 amide bonds. The van der Waals surface area contributed by atoms with Crippen molar-refractivity contribution >= 4 is 11.3 Å². The van der Waals surface area contributed by atoms with Crippen LogP contribution in [0.4, 0.5) is 4.39 Å². The fourth-order valence-electron chi connectivity index (χ4n) is 0.994. The molecule has 1 rings (SSSR count). The summed E-state index contributed by atoms with van der Waals surface area (Å²) in [6.45, 7) is 1.96. The van der Waals surface area contributed by atoms with Crippen molar-refractivity contribution in [2.45, 2.75) is 12.6 Å². The minimum Gasteiger partial charge on any atom is -0.316 e. The topological polar surface area (TPSA) is 12.0 Å². The molecule has 0 fully saturated rings. The highest BCUT2D eigenvalue weighted by Crippen LogP contribution is 2.28. The Morgan fingerprint density at radius 2 is 2.45 bits per heavy atom. The molecule has 1 atom stereocenters. The van der Waals surface area contributed by atoms with Crippen LogP contribution >= 0.6 is 11.3 Å². The third-order valence-corrected chi connectivity index (χ3v) is 2.65. The number of halogens is 1. The van der Waals surface area contributed by atoms with Gasteiger partial charge in [0.1, 0.15) is 0 Å². The van der Waals surface area contributed by atoms with Crippen LogP contribution in [-0.4, -0.2) is 13.6 Å². The second-order valence-corrected chi connectivity index (χ2v) is 3.65. The van der Waals surface area contributed by atoms with Gasteiger partial charge in [0, 0.05) is 11.4 Å². The van der Waals surface area contributed by atoms with Gasteiger partial charge >= 0.3 is 0 Å². The molecule has 62 valence electrons. The fraction of sp³-hybridized carbons (Fsp3) is 0.500. The average molecular weight is 173 g/mol. The van der Waals surface area contributed by atoms with Crippen LogP contribution in [0.2, 0.25) is 0 Å². The van der Waals surface area contributed by atoms with E-state index in [0.717, 1.165) is 4.88 Å². The molecule has 1 N–H and O–H groups in total. The molecule has 1 unspecified atom stereocenters. The molecule has 3 heteroatoms. The smallest absolute Gasteiger partial charge is 0.154 e. The number of rotatable bonds is 3. The summed E-state index contributed by atoms with van der Waals surface area (Å²) >= 11 is 1.45. The Morgan fingerprint density at radius 3 is 2.91 bits per heavy atom. The highest BCUT2D eigenvalue weighted by molar-refractivity contribution is 7.10. The lowest BCUT2D eigenvalue weighted by Gasteiger charge is -2.17. The van der Waals surface area contributed by atoms with Crippen LogP contribution in [0.15, 0.2) is 17.5 Å². The summed E-state index contributed by atoms with van der Waals surface area (Å²) in [4.78, 5) is 0.784. The molecule has 0 spiro atoms.